The molecular weight excluding hydrogens is 370 g/mol. The zero-order chi connectivity index (χ0) is 20.1. The van der Waals surface area contributed by atoms with Crippen LogP contribution >= 0.6 is 0 Å². The SMILES string of the molecule is COc1ccccc1CNC(=O)c1coc(COc2cccc3cnccc23)n1. The number of nitrogens with zero attached hydrogens (tertiary/aromatic N) is 2. The number of nitrogens with one attached hydrogen (secondary N) is 1. The minimum atomic E-state index is -0.331. The maximum atomic E-state index is 12.4. The molecule has 2 heterocycles. The summed E-state index contributed by atoms with van der Waals surface area (Å²) in [6.45, 7) is 0.437. The van der Waals surface area contributed by atoms with Crippen LogP contribution in [0, 0.1) is 0 Å². The van der Waals surface area contributed by atoms with Crippen molar-refractivity contribution in [1.82, 2.24) is 15.3 Å². The molecule has 4 rings (SSSR count). The maximum Gasteiger partial charge on any atom is 0.273 e. The number of hydrogen-bond donors (Lipinski definition) is 1. The Balaban J connectivity index is 1.38. The summed E-state index contributed by atoms with van der Waals surface area (Å²) in [6.07, 6.45) is 4.81. The number of amides is 1. The van der Waals surface area contributed by atoms with Crippen LogP contribution in [0.25, 0.3) is 10.8 Å². The summed E-state index contributed by atoms with van der Waals surface area (Å²) in [6, 6.07) is 15.1. The van der Waals surface area contributed by atoms with Crippen molar-refractivity contribution in [3.8, 4) is 11.5 Å². The van der Waals surface area contributed by atoms with Gasteiger partial charge >= 0.3 is 0 Å². The van der Waals surface area contributed by atoms with Crippen LogP contribution in [-0.2, 0) is 13.2 Å². The molecule has 0 aliphatic heterocycles. The molecular formula is C22H19N3O4. The lowest BCUT2D eigenvalue weighted by Crippen LogP contribution is -2.23. The molecule has 7 heteroatoms. The summed E-state index contributed by atoms with van der Waals surface area (Å²) in [5.74, 6) is 1.40. The second-order valence-corrected chi connectivity index (χ2v) is 6.26. The number of para-hydroxylation sites is 1. The number of benzene rings is 2. The maximum absolute atomic E-state index is 12.4. The van der Waals surface area contributed by atoms with Crippen LogP contribution in [-0.4, -0.2) is 23.0 Å². The number of methoxy groups -OCH3 is 1. The van der Waals surface area contributed by atoms with Crippen molar-refractivity contribution in [2.75, 3.05) is 7.11 Å². The number of hydrogen-bond acceptors (Lipinski definition) is 6. The van der Waals surface area contributed by atoms with E-state index < -0.39 is 0 Å². The van der Waals surface area contributed by atoms with Gasteiger partial charge in [-0.25, -0.2) is 4.98 Å². The molecule has 0 spiro atoms. The van der Waals surface area contributed by atoms with E-state index in [1.54, 1.807) is 19.5 Å². The molecule has 0 aliphatic carbocycles. The largest absolute Gasteiger partial charge is 0.496 e. The van der Waals surface area contributed by atoms with E-state index in [0.717, 1.165) is 16.3 Å². The van der Waals surface area contributed by atoms with Gasteiger partial charge in [0, 0.05) is 35.3 Å². The van der Waals surface area contributed by atoms with Gasteiger partial charge in [-0.2, -0.15) is 0 Å². The van der Waals surface area contributed by atoms with E-state index in [4.69, 9.17) is 13.9 Å². The fourth-order valence-electron chi connectivity index (χ4n) is 2.95. The molecule has 0 atom stereocenters. The van der Waals surface area contributed by atoms with Gasteiger partial charge < -0.3 is 19.2 Å². The third-order valence-corrected chi connectivity index (χ3v) is 4.41. The van der Waals surface area contributed by atoms with E-state index in [-0.39, 0.29) is 18.2 Å². The summed E-state index contributed by atoms with van der Waals surface area (Å²) in [7, 11) is 1.59. The number of oxazole rings is 1. The Morgan fingerprint density at radius 1 is 1.10 bits per heavy atom. The van der Waals surface area contributed by atoms with Crippen LogP contribution < -0.4 is 14.8 Å². The first-order chi connectivity index (χ1) is 14.2. The average Bonchev–Trinajstić information content (AvgIpc) is 3.25. The van der Waals surface area contributed by atoms with Gasteiger partial charge in [0.25, 0.3) is 5.91 Å². The molecule has 0 saturated carbocycles. The Morgan fingerprint density at radius 3 is 2.86 bits per heavy atom. The average molecular weight is 389 g/mol. The number of carbonyl (C=O) groups is 1. The second kappa shape index (κ2) is 8.43. The molecule has 0 bridgehead atoms. The Kier molecular flexibility index (Phi) is 5.38. The zero-order valence-electron chi connectivity index (χ0n) is 15.8. The monoisotopic (exact) mass is 389 g/mol. The van der Waals surface area contributed by atoms with E-state index in [0.29, 0.717) is 23.9 Å². The Labute approximate surface area is 167 Å². The first kappa shape index (κ1) is 18.5. The van der Waals surface area contributed by atoms with Crippen LogP contribution in [0.2, 0.25) is 0 Å². The lowest BCUT2D eigenvalue weighted by molar-refractivity contribution is 0.0945. The number of aromatic nitrogens is 2. The first-order valence-electron chi connectivity index (χ1n) is 9.04. The van der Waals surface area contributed by atoms with Gasteiger partial charge in [0.15, 0.2) is 12.3 Å². The van der Waals surface area contributed by atoms with Crippen LogP contribution in [0.15, 0.2) is 71.6 Å². The molecule has 0 saturated heterocycles. The number of pyridine rings is 1. The smallest absolute Gasteiger partial charge is 0.273 e. The summed E-state index contributed by atoms with van der Waals surface area (Å²) in [5, 5.41) is 4.74. The van der Waals surface area contributed by atoms with Crippen molar-refractivity contribution in [1.29, 1.82) is 0 Å². The summed E-state index contributed by atoms with van der Waals surface area (Å²) in [4.78, 5) is 20.7. The molecule has 2 aromatic carbocycles. The van der Waals surface area contributed by atoms with Crippen LogP contribution in [0.5, 0.6) is 11.5 Å². The highest BCUT2D eigenvalue weighted by Crippen LogP contribution is 2.25. The molecule has 4 aromatic rings. The van der Waals surface area contributed by atoms with Crippen LogP contribution in [0.3, 0.4) is 0 Å². The number of carbonyl (C=O) groups excluding carboxylic acids is 1. The van der Waals surface area contributed by atoms with Crippen molar-refractivity contribution >= 4 is 16.7 Å². The fourth-order valence-corrected chi connectivity index (χ4v) is 2.95. The summed E-state index contributed by atoms with van der Waals surface area (Å²) in [5.41, 5.74) is 1.07. The fraction of sp³-hybridized carbons (Fsp3) is 0.136. The Bertz CT molecular complexity index is 1130. The third-order valence-electron chi connectivity index (χ3n) is 4.41. The molecule has 0 radical (unpaired) electrons. The lowest BCUT2D eigenvalue weighted by atomic mass is 10.1. The van der Waals surface area contributed by atoms with Gasteiger partial charge in [-0.3, -0.25) is 9.78 Å². The molecule has 146 valence electrons. The van der Waals surface area contributed by atoms with Gasteiger partial charge in [0.2, 0.25) is 5.89 Å². The Hall–Kier alpha value is -3.87. The predicted octanol–water partition coefficient (Wildman–Crippen LogP) is 3.74. The van der Waals surface area contributed by atoms with Crippen molar-refractivity contribution < 1.29 is 18.7 Å². The molecule has 0 unspecified atom stereocenters. The predicted molar refractivity (Wildman–Crippen MR) is 107 cm³/mol. The standard InChI is InChI=1S/C22H19N3O4/c1-27-19-7-3-2-5-16(19)12-24-22(26)18-13-29-21(25-18)14-28-20-8-4-6-15-11-23-10-9-17(15)20/h2-11,13H,12,14H2,1H3,(H,24,26). The van der Waals surface area contributed by atoms with E-state index in [2.05, 4.69) is 15.3 Å². The quantitative estimate of drug-likeness (QED) is 0.518. The molecule has 29 heavy (non-hydrogen) atoms. The van der Waals surface area contributed by atoms with Crippen molar-refractivity contribution in [3.05, 3.63) is 84.3 Å². The lowest BCUT2D eigenvalue weighted by Gasteiger charge is -2.08. The molecule has 7 nitrogen and oxygen atoms in total. The molecule has 1 amide bonds. The minimum absolute atomic E-state index is 0.112. The first-order valence-corrected chi connectivity index (χ1v) is 9.04. The van der Waals surface area contributed by atoms with Crippen molar-refractivity contribution in [2.24, 2.45) is 0 Å². The summed E-state index contributed by atoms with van der Waals surface area (Å²) < 4.78 is 16.5. The highest BCUT2D eigenvalue weighted by atomic mass is 16.5. The van der Waals surface area contributed by atoms with Crippen molar-refractivity contribution in [2.45, 2.75) is 13.2 Å². The van der Waals surface area contributed by atoms with Gasteiger partial charge in [0.1, 0.15) is 17.8 Å². The summed E-state index contributed by atoms with van der Waals surface area (Å²) >= 11 is 0. The third kappa shape index (κ3) is 4.19. The molecule has 2 aromatic heterocycles. The van der Waals surface area contributed by atoms with Gasteiger partial charge in [0.05, 0.1) is 7.11 Å². The van der Waals surface area contributed by atoms with Gasteiger partial charge in [-0.1, -0.05) is 30.3 Å². The molecule has 0 aliphatic rings. The second-order valence-electron chi connectivity index (χ2n) is 6.26. The van der Waals surface area contributed by atoms with E-state index in [1.165, 1.54) is 6.26 Å². The number of ether oxygens (including phenoxy) is 2. The van der Waals surface area contributed by atoms with E-state index in [9.17, 15) is 4.79 Å². The topological polar surface area (TPSA) is 86.5 Å². The highest BCUT2D eigenvalue weighted by molar-refractivity contribution is 5.92. The zero-order valence-corrected chi connectivity index (χ0v) is 15.8. The number of rotatable bonds is 7. The number of fused-ring (bicyclic) bond motifs is 1. The molecule has 1 N–H and O–H groups in total. The van der Waals surface area contributed by atoms with E-state index >= 15 is 0 Å². The van der Waals surface area contributed by atoms with Gasteiger partial charge in [-0.15, -0.1) is 0 Å². The van der Waals surface area contributed by atoms with Crippen LogP contribution in [0.1, 0.15) is 21.9 Å². The minimum Gasteiger partial charge on any atom is -0.496 e. The van der Waals surface area contributed by atoms with E-state index in [1.807, 2.05) is 48.5 Å². The van der Waals surface area contributed by atoms with Crippen LogP contribution in [0.4, 0.5) is 0 Å². The van der Waals surface area contributed by atoms with Crippen molar-refractivity contribution in [3.63, 3.8) is 0 Å². The Morgan fingerprint density at radius 2 is 1.97 bits per heavy atom. The highest BCUT2D eigenvalue weighted by Gasteiger charge is 2.14. The molecule has 0 fully saturated rings. The normalized spacial score (nSPS) is 10.7. The van der Waals surface area contributed by atoms with Gasteiger partial charge in [-0.05, 0) is 18.2 Å².